The highest BCUT2D eigenvalue weighted by atomic mass is 32.1. The van der Waals surface area contributed by atoms with E-state index < -0.39 is 66.4 Å². The molecule has 1 N–H and O–H groups in total. The maximum absolute atomic E-state index is 13.0. The van der Waals surface area contributed by atoms with Gasteiger partial charge in [0, 0.05) is 26.2 Å². The molecular weight excluding hydrogens is 583 g/mol. The van der Waals surface area contributed by atoms with Gasteiger partial charge in [0.1, 0.15) is 23.5 Å². The Morgan fingerprint density at radius 3 is 2.21 bits per heavy atom. The average Bonchev–Trinajstić information content (AvgIpc) is 3.14. The lowest BCUT2D eigenvalue weighted by atomic mass is 10.1. The van der Waals surface area contributed by atoms with Crippen LogP contribution in [0.1, 0.15) is 41.5 Å². The fraction of sp³-hybridized carbons (Fsp3) is 0.577. The van der Waals surface area contributed by atoms with Crippen LogP contribution in [0.25, 0.3) is 10.2 Å². The second kappa shape index (κ2) is 12.2. The smallest absolute Gasteiger partial charge is 0.444 e. The number of halogens is 3. The molecule has 12 nitrogen and oxygen atoms in total. The molecule has 1 aromatic heterocycles. The molecule has 4 amide bonds. The molecular formula is C26H34F3N5O7S. The number of hydrogen-bond acceptors (Lipinski definition) is 9. The van der Waals surface area contributed by atoms with Gasteiger partial charge in [-0.05, 0) is 53.7 Å². The van der Waals surface area contributed by atoms with Crippen molar-refractivity contribution in [3.05, 3.63) is 18.2 Å². The third-order valence-electron chi connectivity index (χ3n) is 5.53. The van der Waals surface area contributed by atoms with Gasteiger partial charge in [-0.2, -0.15) is 0 Å². The minimum Gasteiger partial charge on any atom is -0.444 e. The SMILES string of the molecule is CN(CC(=O)Nc1nc2ccc(OC(F)(F)F)cc2s1)C(=O)CN(C(=O)OC(C)(C)C)C1CN(C(=O)OC(C)(C)C)C1. The highest BCUT2D eigenvalue weighted by Gasteiger charge is 2.41. The number of benzene rings is 1. The Kier molecular flexibility index (Phi) is 9.49. The van der Waals surface area contributed by atoms with Gasteiger partial charge in [0.2, 0.25) is 11.8 Å². The zero-order chi connectivity index (χ0) is 31.6. The van der Waals surface area contributed by atoms with E-state index in [0.717, 1.165) is 28.4 Å². The Morgan fingerprint density at radius 2 is 1.64 bits per heavy atom. The van der Waals surface area contributed by atoms with E-state index >= 15 is 0 Å². The second-order valence-corrected chi connectivity index (χ2v) is 12.7. The van der Waals surface area contributed by atoms with Crippen LogP contribution in [-0.2, 0) is 19.1 Å². The lowest BCUT2D eigenvalue weighted by Gasteiger charge is -2.45. The van der Waals surface area contributed by atoms with Crippen LogP contribution in [0.2, 0.25) is 0 Å². The maximum Gasteiger partial charge on any atom is 0.573 e. The molecule has 1 aromatic carbocycles. The van der Waals surface area contributed by atoms with Crippen molar-refractivity contribution in [2.45, 2.75) is 65.1 Å². The molecule has 42 heavy (non-hydrogen) atoms. The predicted octanol–water partition coefficient (Wildman–Crippen LogP) is 4.45. The first kappa shape index (κ1) is 32.7. The number of carbonyl (C=O) groups excluding carboxylic acids is 4. The number of thiazole rings is 1. The summed E-state index contributed by atoms with van der Waals surface area (Å²) in [7, 11) is 1.38. The molecule has 0 radical (unpaired) electrons. The fourth-order valence-corrected chi connectivity index (χ4v) is 4.59. The summed E-state index contributed by atoms with van der Waals surface area (Å²) >= 11 is 0.936. The molecule has 16 heteroatoms. The number of ether oxygens (including phenoxy) is 3. The molecule has 0 aliphatic carbocycles. The molecule has 0 saturated carbocycles. The van der Waals surface area contributed by atoms with Gasteiger partial charge in [-0.25, -0.2) is 14.6 Å². The van der Waals surface area contributed by atoms with Gasteiger partial charge >= 0.3 is 18.5 Å². The highest BCUT2D eigenvalue weighted by molar-refractivity contribution is 7.22. The Hall–Kier alpha value is -3.82. The number of amides is 4. The Bertz CT molecular complexity index is 1330. The number of fused-ring (bicyclic) bond motifs is 1. The molecule has 3 rings (SSSR count). The standard InChI is InChI=1S/C26H34F3N5O7S/c1-24(2,3)40-22(37)33-11-15(12-33)34(23(38)41-25(4,5)6)14-20(36)32(7)13-19(35)31-21-30-17-9-8-16(10-18(17)42-21)39-26(27,28)29/h8-10,15H,11-14H2,1-7H3,(H,30,31,35). The van der Waals surface area contributed by atoms with Gasteiger partial charge in [0.05, 0.1) is 22.8 Å². The zero-order valence-electron chi connectivity index (χ0n) is 24.3. The van der Waals surface area contributed by atoms with Crippen molar-refractivity contribution in [2.75, 3.05) is 38.5 Å². The normalized spacial score (nSPS) is 14.2. The summed E-state index contributed by atoms with van der Waals surface area (Å²) < 4.78 is 52.6. The molecule has 232 valence electrons. The number of carbonyl (C=O) groups is 4. The summed E-state index contributed by atoms with van der Waals surface area (Å²) in [5.41, 5.74) is -1.18. The van der Waals surface area contributed by atoms with E-state index in [1.807, 2.05) is 0 Å². The molecule has 1 fully saturated rings. The molecule has 1 saturated heterocycles. The summed E-state index contributed by atoms with van der Waals surface area (Å²) in [6, 6.07) is 3.08. The van der Waals surface area contributed by atoms with Gasteiger partial charge in [-0.15, -0.1) is 13.2 Å². The number of nitrogens with zero attached hydrogens (tertiary/aromatic N) is 4. The molecule has 2 aromatic rings. The molecule has 2 heterocycles. The quantitative estimate of drug-likeness (QED) is 0.483. The number of aromatic nitrogens is 1. The van der Waals surface area contributed by atoms with Crippen molar-refractivity contribution in [3.8, 4) is 5.75 Å². The number of rotatable bonds is 7. The summed E-state index contributed by atoms with van der Waals surface area (Å²) in [6.45, 7) is 9.73. The largest absolute Gasteiger partial charge is 0.573 e. The van der Waals surface area contributed by atoms with Crippen molar-refractivity contribution < 1.29 is 46.6 Å². The Morgan fingerprint density at radius 1 is 1.02 bits per heavy atom. The molecule has 1 aliphatic rings. The lowest BCUT2D eigenvalue weighted by molar-refractivity contribution is -0.274. The maximum atomic E-state index is 13.0. The van der Waals surface area contributed by atoms with Crippen LogP contribution in [-0.4, -0.2) is 101 Å². The number of nitrogens with one attached hydrogen (secondary N) is 1. The number of likely N-dealkylation sites (N-methyl/N-ethyl adjacent to an activating group) is 1. The first-order valence-electron chi connectivity index (χ1n) is 12.9. The summed E-state index contributed by atoms with van der Waals surface area (Å²) in [4.78, 5) is 58.8. The van der Waals surface area contributed by atoms with Crippen molar-refractivity contribution in [1.82, 2.24) is 19.7 Å². The molecule has 1 aliphatic heterocycles. The third kappa shape index (κ3) is 9.63. The monoisotopic (exact) mass is 617 g/mol. The second-order valence-electron chi connectivity index (χ2n) is 11.6. The van der Waals surface area contributed by atoms with Crippen molar-refractivity contribution in [1.29, 1.82) is 0 Å². The van der Waals surface area contributed by atoms with Crippen LogP contribution < -0.4 is 10.1 Å². The zero-order valence-corrected chi connectivity index (χ0v) is 25.1. The minimum absolute atomic E-state index is 0.118. The van der Waals surface area contributed by atoms with E-state index in [9.17, 15) is 32.3 Å². The van der Waals surface area contributed by atoms with Crippen molar-refractivity contribution >= 4 is 50.7 Å². The number of likely N-dealkylation sites (tertiary alicyclic amines) is 1. The number of anilines is 1. The van der Waals surface area contributed by atoms with E-state index in [1.54, 1.807) is 41.5 Å². The van der Waals surface area contributed by atoms with Crippen LogP contribution in [0, 0.1) is 0 Å². The Labute approximate surface area is 244 Å². The van der Waals surface area contributed by atoms with Gasteiger partial charge in [0.15, 0.2) is 5.13 Å². The molecule has 0 bridgehead atoms. The van der Waals surface area contributed by atoms with Crippen LogP contribution in [0.15, 0.2) is 18.2 Å². The average molecular weight is 618 g/mol. The topological polar surface area (TPSA) is 131 Å². The van der Waals surface area contributed by atoms with Gasteiger partial charge in [-0.3, -0.25) is 14.5 Å². The van der Waals surface area contributed by atoms with Gasteiger partial charge in [0.25, 0.3) is 0 Å². The number of alkyl halides is 3. The van der Waals surface area contributed by atoms with Gasteiger partial charge in [-0.1, -0.05) is 11.3 Å². The van der Waals surface area contributed by atoms with Gasteiger partial charge < -0.3 is 29.3 Å². The first-order valence-corrected chi connectivity index (χ1v) is 13.7. The van der Waals surface area contributed by atoms with Crippen molar-refractivity contribution in [3.63, 3.8) is 0 Å². The van der Waals surface area contributed by atoms with E-state index in [1.165, 1.54) is 22.9 Å². The molecule has 0 atom stereocenters. The van der Waals surface area contributed by atoms with E-state index in [-0.39, 0.29) is 18.2 Å². The lowest BCUT2D eigenvalue weighted by Crippen LogP contribution is -2.64. The highest BCUT2D eigenvalue weighted by Crippen LogP contribution is 2.31. The molecule has 0 unspecified atom stereocenters. The van der Waals surface area contributed by atoms with E-state index in [4.69, 9.17) is 9.47 Å². The van der Waals surface area contributed by atoms with Crippen LogP contribution in [0.4, 0.5) is 27.9 Å². The van der Waals surface area contributed by atoms with E-state index in [0.29, 0.717) is 10.2 Å². The fourth-order valence-electron chi connectivity index (χ4n) is 3.68. The molecule has 0 spiro atoms. The van der Waals surface area contributed by atoms with Crippen LogP contribution in [0.5, 0.6) is 5.75 Å². The van der Waals surface area contributed by atoms with E-state index in [2.05, 4.69) is 15.0 Å². The minimum atomic E-state index is -4.85. The van der Waals surface area contributed by atoms with Crippen LogP contribution >= 0.6 is 11.3 Å². The summed E-state index contributed by atoms with van der Waals surface area (Å²) in [5, 5.41) is 2.64. The summed E-state index contributed by atoms with van der Waals surface area (Å²) in [6.07, 6.45) is -6.13. The number of hydrogen-bond donors (Lipinski definition) is 1. The van der Waals surface area contributed by atoms with Crippen molar-refractivity contribution in [2.24, 2.45) is 0 Å². The first-order chi connectivity index (χ1) is 19.2. The van der Waals surface area contributed by atoms with Crippen LogP contribution in [0.3, 0.4) is 0 Å². The summed E-state index contributed by atoms with van der Waals surface area (Å²) in [5.74, 6) is -1.60. The predicted molar refractivity (Wildman–Crippen MR) is 147 cm³/mol. The Balaban J connectivity index is 1.61. The third-order valence-corrected chi connectivity index (χ3v) is 6.47.